The van der Waals surface area contributed by atoms with Crippen LogP contribution < -0.4 is 4.74 Å². The van der Waals surface area contributed by atoms with E-state index in [0.29, 0.717) is 18.1 Å². The molecule has 0 N–H and O–H groups in total. The van der Waals surface area contributed by atoms with E-state index in [9.17, 15) is 9.59 Å². The van der Waals surface area contributed by atoms with E-state index in [1.54, 1.807) is 50.5 Å². The molecule has 2 heterocycles. The highest BCUT2D eigenvalue weighted by molar-refractivity contribution is 7.09. The van der Waals surface area contributed by atoms with Crippen molar-refractivity contribution < 1.29 is 14.3 Å². The van der Waals surface area contributed by atoms with Gasteiger partial charge in [0.15, 0.2) is 12.3 Å². The molecule has 23 heavy (non-hydrogen) atoms. The van der Waals surface area contributed by atoms with Gasteiger partial charge in [-0.1, -0.05) is 6.07 Å². The Morgan fingerprint density at radius 1 is 1.35 bits per heavy atom. The number of aryl methyl sites for hydroxylation is 1. The highest BCUT2D eigenvalue weighted by atomic mass is 32.1. The average molecular weight is 336 g/mol. The number of ether oxygens (including phenoxy) is 1. The summed E-state index contributed by atoms with van der Waals surface area (Å²) >= 11 is 1.60. The molecule has 0 aliphatic carbocycles. The predicted molar refractivity (Wildman–Crippen MR) is 87.5 cm³/mol. The van der Waals surface area contributed by atoms with E-state index in [0.717, 1.165) is 4.88 Å². The number of hydrogen-bond acceptors (Lipinski definition) is 5. The maximum Gasteiger partial charge on any atom is 0.274 e. The molecule has 0 saturated heterocycles. The van der Waals surface area contributed by atoms with Crippen LogP contribution in [0.25, 0.3) is 0 Å². The third kappa shape index (κ3) is 4.32. The molecule has 2 amide bonds. The summed E-state index contributed by atoms with van der Waals surface area (Å²) in [5.74, 6) is 0.0322. The summed E-state index contributed by atoms with van der Waals surface area (Å²) in [5, 5.41) is 6.14. The van der Waals surface area contributed by atoms with Crippen LogP contribution in [0.1, 0.15) is 15.4 Å². The number of amides is 2. The van der Waals surface area contributed by atoms with Gasteiger partial charge in [0, 0.05) is 39.1 Å². The molecule has 0 unspecified atom stereocenters. The number of hydrogen-bond donors (Lipinski definition) is 0. The molecule has 2 rings (SSSR count). The summed E-state index contributed by atoms with van der Waals surface area (Å²) in [7, 11) is 6.71. The molecule has 2 aromatic rings. The van der Waals surface area contributed by atoms with Crippen molar-refractivity contribution in [2.45, 2.75) is 6.54 Å². The number of carbonyl (C=O) groups is 2. The average Bonchev–Trinajstić information content (AvgIpc) is 3.13. The Hall–Kier alpha value is -2.35. The quantitative estimate of drug-likeness (QED) is 0.795. The van der Waals surface area contributed by atoms with Crippen LogP contribution >= 0.6 is 11.3 Å². The number of carbonyl (C=O) groups excluding carboxylic acids is 2. The summed E-state index contributed by atoms with van der Waals surface area (Å²) < 4.78 is 6.87. The van der Waals surface area contributed by atoms with E-state index in [-0.39, 0.29) is 18.4 Å². The van der Waals surface area contributed by atoms with Crippen LogP contribution in [0.5, 0.6) is 5.88 Å². The first-order valence-electron chi connectivity index (χ1n) is 7.03. The van der Waals surface area contributed by atoms with Gasteiger partial charge in [0.1, 0.15) is 0 Å². The van der Waals surface area contributed by atoms with Gasteiger partial charge in [-0.2, -0.15) is 5.10 Å². The van der Waals surface area contributed by atoms with Crippen molar-refractivity contribution in [1.82, 2.24) is 19.6 Å². The van der Waals surface area contributed by atoms with Crippen LogP contribution in [-0.2, 0) is 18.4 Å². The second kappa shape index (κ2) is 7.28. The largest absolute Gasteiger partial charge is 0.468 e. The van der Waals surface area contributed by atoms with Gasteiger partial charge in [-0.15, -0.1) is 11.3 Å². The predicted octanol–water partition coefficient (Wildman–Crippen LogP) is 1.22. The fourth-order valence-corrected chi connectivity index (χ4v) is 2.62. The van der Waals surface area contributed by atoms with Crippen molar-refractivity contribution in [3.63, 3.8) is 0 Å². The van der Waals surface area contributed by atoms with Crippen molar-refractivity contribution in [2.24, 2.45) is 7.05 Å². The van der Waals surface area contributed by atoms with E-state index in [2.05, 4.69) is 5.10 Å². The lowest BCUT2D eigenvalue weighted by Gasteiger charge is -2.14. The van der Waals surface area contributed by atoms with Crippen LogP contribution in [0.2, 0.25) is 0 Å². The zero-order chi connectivity index (χ0) is 17.0. The maximum absolute atomic E-state index is 12.4. The lowest BCUT2D eigenvalue weighted by molar-refractivity contribution is -0.130. The van der Waals surface area contributed by atoms with Gasteiger partial charge in [-0.25, -0.2) is 4.68 Å². The normalized spacial score (nSPS) is 10.4. The molecule has 8 heteroatoms. The molecular formula is C15H20N4O3S. The van der Waals surface area contributed by atoms with Gasteiger partial charge in [0.25, 0.3) is 11.8 Å². The lowest BCUT2D eigenvalue weighted by Crippen LogP contribution is -2.27. The molecule has 0 atom stereocenters. The van der Waals surface area contributed by atoms with Crippen molar-refractivity contribution >= 4 is 23.2 Å². The van der Waals surface area contributed by atoms with E-state index in [1.165, 1.54) is 9.58 Å². The number of likely N-dealkylation sites (N-methyl/N-ethyl adjacent to an activating group) is 1. The van der Waals surface area contributed by atoms with Crippen molar-refractivity contribution in [2.75, 3.05) is 27.7 Å². The Kier molecular flexibility index (Phi) is 5.38. The van der Waals surface area contributed by atoms with Crippen molar-refractivity contribution in [1.29, 1.82) is 0 Å². The zero-order valence-corrected chi connectivity index (χ0v) is 14.5. The van der Waals surface area contributed by atoms with E-state index in [4.69, 9.17) is 4.74 Å². The Bertz CT molecular complexity index is 679. The van der Waals surface area contributed by atoms with Gasteiger partial charge in [-0.3, -0.25) is 9.59 Å². The van der Waals surface area contributed by atoms with Crippen LogP contribution in [0, 0.1) is 0 Å². The summed E-state index contributed by atoms with van der Waals surface area (Å²) in [6, 6.07) is 5.48. The van der Waals surface area contributed by atoms with Crippen LogP contribution in [0.15, 0.2) is 23.6 Å². The molecule has 2 aromatic heterocycles. The monoisotopic (exact) mass is 336 g/mol. The summed E-state index contributed by atoms with van der Waals surface area (Å²) in [6.45, 7) is 0.438. The first-order chi connectivity index (χ1) is 10.9. The number of rotatable bonds is 6. The first-order valence-corrected chi connectivity index (χ1v) is 7.91. The Balaban J connectivity index is 2.01. The minimum absolute atomic E-state index is 0.0921. The Morgan fingerprint density at radius 2 is 2.09 bits per heavy atom. The molecule has 0 aromatic carbocycles. The van der Waals surface area contributed by atoms with Gasteiger partial charge in [0.05, 0.1) is 6.54 Å². The highest BCUT2D eigenvalue weighted by Gasteiger charge is 2.18. The first kappa shape index (κ1) is 17.0. The smallest absolute Gasteiger partial charge is 0.274 e. The van der Waals surface area contributed by atoms with Crippen LogP contribution in [0.4, 0.5) is 0 Å². The third-order valence-electron chi connectivity index (χ3n) is 3.22. The second-order valence-electron chi connectivity index (χ2n) is 5.31. The molecule has 0 saturated carbocycles. The molecule has 124 valence electrons. The third-order valence-corrected chi connectivity index (χ3v) is 4.08. The van der Waals surface area contributed by atoms with Gasteiger partial charge in [-0.05, 0) is 11.4 Å². The topological polar surface area (TPSA) is 67.7 Å². The van der Waals surface area contributed by atoms with Crippen molar-refractivity contribution in [3.8, 4) is 5.88 Å². The Morgan fingerprint density at radius 3 is 2.70 bits per heavy atom. The molecule has 0 aliphatic heterocycles. The summed E-state index contributed by atoms with van der Waals surface area (Å²) in [6.07, 6.45) is 0. The zero-order valence-electron chi connectivity index (χ0n) is 13.6. The number of thiophene rings is 1. The fraction of sp³-hybridized carbons (Fsp3) is 0.400. The molecule has 7 nitrogen and oxygen atoms in total. The second-order valence-corrected chi connectivity index (χ2v) is 6.34. The minimum atomic E-state index is -0.192. The molecule has 0 radical (unpaired) electrons. The maximum atomic E-state index is 12.4. The Labute approximate surface area is 139 Å². The number of aromatic nitrogens is 2. The van der Waals surface area contributed by atoms with Gasteiger partial charge < -0.3 is 14.5 Å². The van der Waals surface area contributed by atoms with E-state index in [1.807, 2.05) is 17.5 Å². The molecule has 0 aliphatic rings. The van der Waals surface area contributed by atoms with Crippen molar-refractivity contribution in [3.05, 3.63) is 34.2 Å². The van der Waals surface area contributed by atoms with E-state index >= 15 is 0 Å². The van der Waals surface area contributed by atoms with Gasteiger partial charge in [0.2, 0.25) is 5.88 Å². The molecule has 0 fully saturated rings. The summed E-state index contributed by atoms with van der Waals surface area (Å²) in [4.78, 5) is 28.1. The molecule has 0 spiro atoms. The van der Waals surface area contributed by atoms with Gasteiger partial charge >= 0.3 is 0 Å². The molecular weight excluding hydrogens is 316 g/mol. The van der Waals surface area contributed by atoms with Crippen LogP contribution in [-0.4, -0.2) is 59.1 Å². The van der Waals surface area contributed by atoms with E-state index < -0.39 is 0 Å². The fourth-order valence-electron chi connectivity index (χ4n) is 1.86. The standard InChI is InChI=1S/C15H20N4O3S/c1-17(2)13(20)10-22-14-8-12(16-19(14)4)15(21)18(3)9-11-6-5-7-23-11/h5-8H,9-10H2,1-4H3. The lowest BCUT2D eigenvalue weighted by atomic mass is 10.3. The SMILES string of the molecule is CN(C)C(=O)COc1cc(C(=O)N(C)Cc2cccs2)nn1C. The summed E-state index contributed by atoms with van der Waals surface area (Å²) in [5.41, 5.74) is 0.291. The highest BCUT2D eigenvalue weighted by Crippen LogP contribution is 2.16. The number of nitrogens with zero attached hydrogens (tertiary/aromatic N) is 4. The minimum Gasteiger partial charge on any atom is -0.468 e. The van der Waals surface area contributed by atoms with Crippen LogP contribution in [0.3, 0.4) is 0 Å². The molecule has 0 bridgehead atoms.